The molecule has 2 rings (SSSR count). The molecule has 0 fully saturated rings. The summed E-state index contributed by atoms with van der Waals surface area (Å²) >= 11 is 5.86. The van der Waals surface area contributed by atoms with Gasteiger partial charge in [-0.3, -0.25) is 4.98 Å². The van der Waals surface area contributed by atoms with E-state index >= 15 is 0 Å². The molecule has 20 heavy (non-hydrogen) atoms. The first-order valence-electron chi connectivity index (χ1n) is 6.81. The molecular weight excluding hydrogens is 272 g/mol. The lowest BCUT2D eigenvalue weighted by Gasteiger charge is -2.19. The van der Waals surface area contributed by atoms with Gasteiger partial charge in [0.1, 0.15) is 12.4 Å². The highest BCUT2D eigenvalue weighted by Gasteiger charge is 2.11. The quantitative estimate of drug-likeness (QED) is 0.841. The first-order chi connectivity index (χ1) is 9.79. The van der Waals surface area contributed by atoms with Crippen molar-refractivity contribution in [3.05, 3.63) is 59.4 Å². The molecule has 1 unspecified atom stereocenters. The van der Waals surface area contributed by atoms with E-state index in [0.29, 0.717) is 11.6 Å². The molecule has 0 saturated carbocycles. The average molecular weight is 291 g/mol. The lowest BCUT2D eigenvalue weighted by atomic mass is 10.1. The van der Waals surface area contributed by atoms with Crippen LogP contribution in [0, 0.1) is 0 Å². The van der Waals surface area contributed by atoms with Gasteiger partial charge in [0.05, 0.1) is 6.04 Å². The van der Waals surface area contributed by atoms with Crippen LogP contribution in [0.25, 0.3) is 0 Å². The predicted octanol–water partition coefficient (Wildman–Crippen LogP) is 3.85. The van der Waals surface area contributed by atoms with Gasteiger partial charge in [0.15, 0.2) is 0 Å². The second-order valence-electron chi connectivity index (χ2n) is 4.56. The highest BCUT2D eigenvalue weighted by atomic mass is 35.5. The summed E-state index contributed by atoms with van der Waals surface area (Å²) in [6.07, 6.45) is 4.73. The summed E-state index contributed by atoms with van der Waals surface area (Å²) in [6, 6.07) is 11.6. The van der Waals surface area contributed by atoms with E-state index in [-0.39, 0.29) is 6.04 Å². The number of rotatable bonds is 7. The smallest absolute Gasteiger partial charge is 0.119 e. The van der Waals surface area contributed by atoms with Crippen LogP contribution in [0.2, 0.25) is 5.02 Å². The van der Waals surface area contributed by atoms with Gasteiger partial charge in [-0.25, -0.2) is 0 Å². The molecule has 0 saturated heterocycles. The van der Waals surface area contributed by atoms with Crippen molar-refractivity contribution < 1.29 is 4.74 Å². The lowest BCUT2D eigenvalue weighted by Crippen LogP contribution is -2.27. The Morgan fingerprint density at radius 3 is 2.70 bits per heavy atom. The van der Waals surface area contributed by atoms with E-state index in [1.54, 1.807) is 6.20 Å². The van der Waals surface area contributed by atoms with Gasteiger partial charge in [-0.2, -0.15) is 0 Å². The summed E-state index contributed by atoms with van der Waals surface area (Å²) in [5, 5.41) is 4.19. The molecule has 0 aliphatic heterocycles. The van der Waals surface area contributed by atoms with Gasteiger partial charge in [0.25, 0.3) is 0 Å². The van der Waals surface area contributed by atoms with Crippen LogP contribution < -0.4 is 10.1 Å². The number of benzene rings is 1. The molecule has 106 valence electrons. The number of halogens is 1. The number of pyridine rings is 1. The SMILES string of the molecule is CCCNC(COc1ccc(Cl)cc1)c1cccnc1. The van der Waals surface area contributed by atoms with Crippen LogP contribution in [0.15, 0.2) is 48.8 Å². The maximum absolute atomic E-state index is 5.86. The van der Waals surface area contributed by atoms with Crippen molar-refractivity contribution in [1.82, 2.24) is 10.3 Å². The Morgan fingerprint density at radius 1 is 1.25 bits per heavy atom. The van der Waals surface area contributed by atoms with Gasteiger partial charge in [-0.15, -0.1) is 0 Å². The summed E-state index contributed by atoms with van der Waals surface area (Å²) in [7, 11) is 0. The standard InChI is InChI=1S/C16H19ClN2O/c1-2-9-19-16(13-4-3-10-18-11-13)12-20-15-7-5-14(17)6-8-15/h3-8,10-11,16,19H,2,9,12H2,1H3. The number of nitrogens with one attached hydrogen (secondary N) is 1. The molecule has 1 aromatic heterocycles. The monoisotopic (exact) mass is 290 g/mol. The van der Waals surface area contributed by atoms with Crippen LogP contribution in [-0.2, 0) is 0 Å². The largest absolute Gasteiger partial charge is 0.492 e. The lowest BCUT2D eigenvalue weighted by molar-refractivity contribution is 0.266. The van der Waals surface area contributed by atoms with Gasteiger partial charge in [0, 0.05) is 17.4 Å². The zero-order chi connectivity index (χ0) is 14.2. The third-order valence-electron chi connectivity index (χ3n) is 2.96. The third-order valence-corrected chi connectivity index (χ3v) is 3.21. The van der Waals surface area contributed by atoms with Gasteiger partial charge in [0.2, 0.25) is 0 Å². The minimum absolute atomic E-state index is 0.138. The topological polar surface area (TPSA) is 34.1 Å². The second-order valence-corrected chi connectivity index (χ2v) is 4.99. The van der Waals surface area contributed by atoms with Crippen molar-refractivity contribution in [3.8, 4) is 5.75 Å². The number of ether oxygens (including phenoxy) is 1. The molecule has 0 spiro atoms. The molecule has 4 heteroatoms. The number of nitrogens with zero attached hydrogens (tertiary/aromatic N) is 1. The van der Waals surface area contributed by atoms with Crippen LogP contribution in [-0.4, -0.2) is 18.1 Å². The number of aromatic nitrogens is 1. The molecule has 1 N–H and O–H groups in total. The molecule has 0 aliphatic rings. The fraction of sp³-hybridized carbons (Fsp3) is 0.312. The molecule has 1 atom stereocenters. The van der Waals surface area contributed by atoms with E-state index in [1.165, 1.54) is 0 Å². The molecular formula is C16H19ClN2O. The van der Waals surface area contributed by atoms with E-state index in [9.17, 15) is 0 Å². The Hall–Kier alpha value is -1.58. The van der Waals surface area contributed by atoms with Crippen LogP contribution >= 0.6 is 11.6 Å². The molecule has 1 heterocycles. The van der Waals surface area contributed by atoms with Crippen molar-refractivity contribution in [2.24, 2.45) is 0 Å². The van der Waals surface area contributed by atoms with Crippen molar-refractivity contribution >= 4 is 11.6 Å². The Morgan fingerprint density at radius 2 is 2.05 bits per heavy atom. The minimum Gasteiger partial charge on any atom is -0.492 e. The number of hydrogen-bond donors (Lipinski definition) is 1. The maximum Gasteiger partial charge on any atom is 0.119 e. The Labute approximate surface area is 124 Å². The zero-order valence-electron chi connectivity index (χ0n) is 11.6. The van der Waals surface area contributed by atoms with Gasteiger partial charge >= 0.3 is 0 Å². The van der Waals surface area contributed by atoms with E-state index in [1.807, 2.05) is 36.5 Å². The summed E-state index contributed by atoms with van der Waals surface area (Å²) in [5.74, 6) is 0.821. The van der Waals surface area contributed by atoms with E-state index < -0.39 is 0 Å². The summed E-state index contributed by atoms with van der Waals surface area (Å²) < 4.78 is 5.83. The van der Waals surface area contributed by atoms with Crippen molar-refractivity contribution in [3.63, 3.8) is 0 Å². The first-order valence-corrected chi connectivity index (χ1v) is 7.19. The predicted molar refractivity (Wildman–Crippen MR) is 82.2 cm³/mol. The summed E-state index contributed by atoms with van der Waals surface area (Å²) in [4.78, 5) is 4.17. The Kier molecular flexibility index (Phi) is 5.84. The fourth-order valence-electron chi connectivity index (χ4n) is 1.88. The van der Waals surface area contributed by atoms with E-state index in [2.05, 4.69) is 23.3 Å². The van der Waals surface area contributed by atoms with Crippen molar-refractivity contribution in [1.29, 1.82) is 0 Å². The first kappa shape index (κ1) is 14.8. The second kappa shape index (κ2) is 7.88. The van der Waals surface area contributed by atoms with Crippen LogP contribution in [0.1, 0.15) is 24.9 Å². The highest BCUT2D eigenvalue weighted by Crippen LogP contribution is 2.18. The molecule has 3 nitrogen and oxygen atoms in total. The summed E-state index contributed by atoms with van der Waals surface area (Å²) in [6.45, 7) is 3.66. The van der Waals surface area contributed by atoms with Crippen LogP contribution in [0.3, 0.4) is 0 Å². The van der Waals surface area contributed by atoms with E-state index in [0.717, 1.165) is 24.3 Å². The van der Waals surface area contributed by atoms with E-state index in [4.69, 9.17) is 16.3 Å². The Balaban J connectivity index is 1.99. The fourth-order valence-corrected chi connectivity index (χ4v) is 2.01. The molecule has 0 radical (unpaired) electrons. The van der Waals surface area contributed by atoms with Gasteiger partial charge < -0.3 is 10.1 Å². The number of hydrogen-bond acceptors (Lipinski definition) is 3. The third kappa shape index (κ3) is 4.51. The summed E-state index contributed by atoms with van der Waals surface area (Å²) in [5.41, 5.74) is 1.13. The molecule has 1 aromatic carbocycles. The maximum atomic E-state index is 5.86. The molecule has 2 aromatic rings. The minimum atomic E-state index is 0.138. The van der Waals surface area contributed by atoms with Gasteiger partial charge in [-0.05, 0) is 48.9 Å². The normalized spacial score (nSPS) is 12.1. The van der Waals surface area contributed by atoms with Crippen molar-refractivity contribution in [2.45, 2.75) is 19.4 Å². The zero-order valence-corrected chi connectivity index (χ0v) is 12.3. The van der Waals surface area contributed by atoms with Gasteiger partial charge in [-0.1, -0.05) is 24.6 Å². The molecule has 0 bridgehead atoms. The molecule has 0 aliphatic carbocycles. The Bertz CT molecular complexity index is 502. The van der Waals surface area contributed by atoms with Crippen LogP contribution in [0.4, 0.5) is 0 Å². The van der Waals surface area contributed by atoms with Crippen LogP contribution in [0.5, 0.6) is 5.75 Å². The average Bonchev–Trinajstić information content (AvgIpc) is 2.50. The molecule has 0 amide bonds. The highest BCUT2D eigenvalue weighted by molar-refractivity contribution is 6.30. The van der Waals surface area contributed by atoms with Crippen molar-refractivity contribution in [2.75, 3.05) is 13.2 Å².